The lowest BCUT2D eigenvalue weighted by Gasteiger charge is -2.17. The Morgan fingerprint density at radius 3 is 2.41 bits per heavy atom. The number of ether oxygens (including phenoxy) is 2. The third kappa shape index (κ3) is 4.53. The Morgan fingerprint density at radius 1 is 0.882 bits per heavy atom. The Labute approximate surface area is 199 Å². The van der Waals surface area contributed by atoms with E-state index in [0.717, 1.165) is 16.7 Å². The number of nitrogens with zero attached hydrogens (tertiary/aromatic N) is 1. The zero-order chi connectivity index (χ0) is 24.2. The lowest BCUT2D eigenvalue weighted by atomic mass is 9.99. The summed E-state index contributed by atoms with van der Waals surface area (Å²) in [5.41, 5.74) is 4.89. The number of rotatable bonds is 8. The van der Waals surface area contributed by atoms with Gasteiger partial charge in [0.25, 0.3) is 11.8 Å². The average Bonchev–Trinajstić information content (AvgIpc) is 3.06. The molecule has 1 aliphatic rings. The van der Waals surface area contributed by atoms with Gasteiger partial charge >= 0.3 is 0 Å². The fourth-order valence-corrected chi connectivity index (χ4v) is 3.98. The van der Waals surface area contributed by atoms with Crippen molar-refractivity contribution < 1.29 is 19.1 Å². The summed E-state index contributed by atoms with van der Waals surface area (Å²) in [4.78, 5) is 28.5. The van der Waals surface area contributed by atoms with Gasteiger partial charge in [-0.2, -0.15) is 0 Å². The molecule has 0 aliphatic carbocycles. The average molecular weight is 457 g/mol. The summed E-state index contributed by atoms with van der Waals surface area (Å²) in [6, 6.07) is 20.5. The van der Waals surface area contributed by atoms with Crippen LogP contribution in [0.3, 0.4) is 0 Å². The molecule has 0 unspecified atom stereocenters. The molecule has 6 nitrogen and oxygen atoms in total. The Morgan fingerprint density at radius 2 is 1.68 bits per heavy atom. The summed E-state index contributed by atoms with van der Waals surface area (Å²) >= 11 is 0. The van der Waals surface area contributed by atoms with Crippen LogP contribution in [0.2, 0.25) is 0 Å². The minimum Gasteiger partial charge on any atom is -0.496 e. The van der Waals surface area contributed by atoms with Gasteiger partial charge in [0.1, 0.15) is 17.2 Å². The van der Waals surface area contributed by atoms with Crippen molar-refractivity contribution in [2.24, 2.45) is 0 Å². The summed E-state index contributed by atoms with van der Waals surface area (Å²) < 4.78 is 11.0. The maximum Gasteiger partial charge on any atom is 0.278 e. The zero-order valence-electron chi connectivity index (χ0n) is 19.8. The highest BCUT2D eigenvalue weighted by molar-refractivity contribution is 6.36. The molecule has 0 fully saturated rings. The van der Waals surface area contributed by atoms with Crippen molar-refractivity contribution in [1.82, 2.24) is 4.90 Å². The molecular weight excluding hydrogens is 428 g/mol. The van der Waals surface area contributed by atoms with Gasteiger partial charge in [0.05, 0.1) is 25.8 Å². The van der Waals surface area contributed by atoms with E-state index >= 15 is 0 Å². The van der Waals surface area contributed by atoms with Crippen LogP contribution in [0.15, 0.2) is 72.4 Å². The molecule has 0 radical (unpaired) electrons. The number of benzene rings is 3. The number of hydrogen-bond donors (Lipinski definition) is 1. The first-order chi connectivity index (χ1) is 16.4. The van der Waals surface area contributed by atoms with Gasteiger partial charge in [-0.25, -0.2) is 0 Å². The van der Waals surface area contributed by atoms with Crippen molar-refractivity contribution >= 4 is 23.1 Å². The number of amides is 2. The topological polar surface area (TPSA) is 67.9 Å². The number of hydrogen-bond acceptors (Lipinski definition) is 5. The van der Waals surface area contributed by atoms with Crippen LogP contribution in [0, 0.1) is 13.8 Å². The smallest absolute Gasteiger partial charge is 0.278 e. The minimum absolute atomic E-state index is 0.111. The molecule has 0 saturated heterocycles. The van der Waals surface area contributed by atoms with Crippen molar-refractivity contribution in [2.45, 2.75) is 27.3 Å². The highest BCUT2D eigenvalue weighted by atomic mass is 16.5. The van der Waals surface area contributed by atoms with E-state index < -0.39 is 0 Å². The highest BCUT2D eigenvalue weighted by Crippen LogP contribution is 2.34. The van der Waals surface area contributed by atoms with E-state index in [0.29, 0.717) is 34.9 Å². The number of imide groups is 1. The Bertz CT molecular complexity index is 1280. The van der Waals surface area contributed by atoms with Gasteiger partial charge in [0.15, 0.2) is 0 Å². The second-order valence-corrected chi connectivity index (χ2v) is 8.14. The normalized spacial score (nSPS) is 13.5. The Hall–Kier alpha value is -4.06. The van der Waals surface area contributed by atoms with Gasteiger partial charge in [0.2, 0.25) is 0 Å². The van der Waals surface area contributed by atoms with E-state index in [1.165, 1.54) is 4.90 Å². The second-order valence-electron chi connectivity index (χ2n) is 8.14. The molecule has 0 spiro atoms. The summed E-state index contributed by atoms with van der Waals surface area (Å²) in [6.45, 7) is 6.56. The fourth-order valence-electron chi connectivity index (χ4n) is 3.98. The standard InChI is InChI=1S/C28H28N2O4/c1-5-34-23-11-8-10-22(16-23)29-26-25(20-14-13-18(2)19(3)15-20)27(31)30(28(26)32)17-21-9-6-7-12-24(21)33-4/h6-16,29H,5,17H2,1-4H3. The molecule has 174 valence electrons. The Balaban J connectivity index is 1.76. The molecule has 3 aromatic rings. The molecule has 0 bridgehead atoms. The van der Waals surface area contributed by atoms with E-state index in [4.69, 9.17) is 9.47 Å². The van der Waals surface area contributed by atoms with Crippen LogP contribution in [0.5, 0.6) is 11.5 Å². The van der Waals surface area contributed by atoms with Crippen LogP contribution in [-0.4, -0.2) is 30.4 Å². The molecule has 34 heavy (non-hydrogen) atoms. The van der Waals surface area contributed by atoms with Gasteiger partial charge in [-0.3, -0.25) is 14.5 Å². The monoisotopic (exact) mass is 456 g/mol. The van der Waals surface area contributed by atoms with Crippen molar-refractivity contribution in [3.8, 4) is 11.5 Å². The molecule has 0 saturated carbocycles. The lowest BCUT2D eigenvalue weighted by Crippen LogP contribution is -2.32. The number of anilines is 1. The van der Waals surface area contributed by atoms with Crippen molar-refractivity contribution in [1.29, 1.82) is 0 Å². The van der Waals surface area contributed by atoms with Crippen molar-refractivity contribution in [3.05, 3.63) is 94.7 Å². The van der Waals surface area contributed by atoms with Crippen LogP contribution in [-0.2, 0) is 16.1 Å². The van der Waals surface area contributed by atoms with E-state index in [9.17, 15) is 9.59 Å². The van der Waals surface area contributed by atoms with E-state index in [2.05, 4.69) is 5.32 Å². The number of carbonyl (C=O) groups excluding carboxylic acids is 2. The molecular formula is C28H28N2O4. The molecule has 1 heterocycles. The van der Waals surface area contributed by atoms with Gasteiger partial charge in [-0.15, -0.1) is 0 Å². The summed E-state index contributed by atoms with van der Waals surface area (Å²) in [5, 5.41) is 3.20. The molecule has 1 N–H and O–H groups in total. The first kappa shape index (κ1) is 23.1. The van der Waals surface area contributed by atoms with Crippen molar-refractivity contribution in [2.75, 3.05) is 19.0 Å². The van der Waals surface area contributed by atoms with Gasteiger partial charge in [-0.05, 0) is 55.7 Å². The van der Waals surface area contributed by atoms with E-state index in [-0.39, 0.29) is 24.1 Å². The third-order valence-corrected chi connectivity index (χ3v) is 5.90. The quantitative estimate of drug-likeness (QED) is 0.478. The first-order valence-electron chi connectivity index (χ1n) is 11.2. The number of carbonyl (C=O) groups is 2. The summed E-state index contributed by atoms with van der Waals surface area (Å²) in [7, 11) is 1.57. The number of nitrogens with one attached hydrogen (secondary N) is 1. The summed E-state index contributed by atoms with van der Waals surface area (Å²) in [6.07, 6.45) is 0. The number of aryl methyl sites for hydroxylation is 2. The van der Waals surface area contributed by atoms with Crippen LogP contribution >= 0.6 is 0 Å². The summed E-state index contributed by atoms with van der Waals surface area (Å²) in [5.74, 6) is 0.582. The van der Waals surface area contributed by atoms with Gasteiger partial charge in [-0.1, -0.05) is 42.5 Å². The molecule has 0 atom stereocenters. The maximum absolute atomic E-state index is 13.6. The van der Waals surface area contributed by atoms with Crippen LogP contribution in [0.1, 0.15) is 29.2 Å². The largest absolute Gasteiger partial charge is 0.496 e. The number of para-hydroxylation sites is 1. The fraction of sp³-hybridized carbons (Fsp3) is 0.214. The molecule has 0 aromatic heterocycles. The maximum atomic E-state index is 13.6. The highest BCUT2D eigenvalue weighted by Gasteiger charge is 2.39. The minimum atomic E-state index is -0.383. The first-order valence-corrected chi connectivity index (χ1v) is 11.2. The van der Waals surface area contributed by atoms with Crippen LogP contribution in [0.4, 0.5) is 5.69 Å². The molecule has 3 aromatic carbocycles. The molecule has 4 rings (SSSR count). The second kappa shape index (κ2) is 9.83. The predicted octanol–water partition coefficient (Wildman–Crippen LogP) is 5.10. The lowest BCUT2D eigenvalue weighted by molar-refractivity contribution is -0.137. The Kier molecular flexibility index (Phi) is 6.68. The van der Waals surface area contributed by atoms with Crippen LogP contribution in [0.25, 0.3) is 5.57 Å². The predicted molar refractivity (Wildman–Crippen MR) is 133 cm³/mol. The van der Waals surface area contributed by atoms with Crippen molar-refractivity contribution in [3.63, 3.8) is 0 Å². The van der Waals surface area contributed by atoms with Crippen LogP contribution < -0.4 is 14.8 Å². The van der Waals surface area contributed by atoms with Gasteiger partial charge in [0, 0.05) is 17.3 Å². The zero-order valence-corrected chi connectivity index (χ0v) is 19.8. The molecule has 6 heteroatoms. The number of methoxy groups -OCH3 is 1. The van der Waals surface area contributed by atoms with Gasteiger partial charge < -0.3 is 14.8 Å². The molecule has 1 aliphatic heterocycles. The SMILES string of the molecule is CCOc1cccc(NC2=C(c3ccc(C)c(C)c3)C(=O)N(Cc3ccccc3OC)C2=O)c1. The third-order valence-electron chi connectivity index (χ3n) is 5.90. The van der Waals surface area contributed by atoms with E-state index in [1.54, 1.807) is 7.11 Å². The van der Waals surface area contributed by atoms with E-state index in [1.807, 2.05) is 87.5 Å². The molecule has 2 amide bonds.